The fourth-order valence-corrected chi connectivity index (χ4v) is 3.67. The van der Waals surface area contributed by atoms with Crippen molar-refractivity contribution in [1.82, 2.24) is 10.6 Å². The Kier molecular flexibility index (Phi) is 6.88. The first-order chi connectivity index (χ1) is 11.1. The molecule has 1 unspecified atom stereocenters. The summed E-state index contributed by atoms with van der Waals surface area (Å²) >= 11 is 0. The van der Waals surface area contributed by atoms with E-state index in [0.29, 0.717) is 5.92 Å². The van der Waals surface area contributed by atoms with E-state index in [9.17, 15) is 4.79 Å². The van der Waals surface area contributed by atoms with Gasteiger partial charge in [0.25, 0.3) is 0 Å². The van der Waals surface area contributed by atoms with Crippen LogP contribution in [0.25, 0.3) is 0 Å². The molecule has 1 fully saturated rings. The number of allylic oxidation sites excluding steroid dienone is 4. The van der Waals surface area contributed by atoms with E-state index in [1.165, 1.54) is 30.5 Å². The molecule has 0 aromatic heterocycles. The van der Waals surface area contributed by atoms with Crippen LogP contribution in [0.4, 0.5) is 0 Å². The second-order valence-electron chi connectivity index (χ2n) is 7.49. The summed E-state index contributed by atoms with van der Waals surface area (Å²) in [4.78, 5) is 13.0. The van der Waals surface area contributed by atoms with Gasteiger partial charge in [0.1, 0.15) is 0 Å². The number of hydrogen-bond acceptors (Lipinski definition) is 2. The highest BCUT2D eigenvalue weighted by Gasteiger charge is 2.35. The monoisotopic (exact) mass is 318 g/mol. The first kappa shape index (κ1) is 18.3. The molecule has 2 aliphatic rings. The predicted molar refractivity (Wildman–Crippen MR) is 97.1 cm³/mol. The third-order valence-corrected chi connectivity index (χ3v) is 5.67. The molecule has 0 bridgehead atoms. The van der Waals surface area contributed by atoms with Gasteiger partial charge in [-0.1, -0.05) is 31.6 Å². The quantitative estimate of drug-likeness (QED) is 0.758. The summed E-state index contributed by atoms with van der Waals surface area (Å²) in [5.41, 5.74) is 2.37. The highest BCUT2D eigenvalue weighted by molar-refractivity contribution is 5.84. The average Bonchev–Trinajstić information content (AvgIpc) is 2.52. The van der Waals surface area contributed by atoms with Crippen molar-refractivity contribution in [2.45, 2.75) is 72.1 Å². The van der Waals surface area contributed by atoms with Gasteiger partial charge in [0, 0.05) is 11.1 Å². The van der Waals surface area contributed by atoms with Crippen molar-refractivity contribution < 1.29 is 4.79 Å². The molecule has 1 amide bonds. The smallest absolute Gasteiger partial charge is 0.230 e. The molecule has 1 aliphatic carbocycles. The fourth-order valence-electron chi connectivity index (χ4n) is 3.67. The van der Waals surface area contributed by atoms with E-state index in [1.807, 2.05) is 0 Å². The zero-order valence-electron chi connectivity index (χ0n) is 15.2. The van der Waals surface area contributed by atoms with Crippen molar-refractivity contribution >= 4 is 5.91 Å². The lowest BCUT2D eigenvalue weighted by atomic mass is 9.79. The lowest BCUT2D eigenvalue weighted by Crippen LogP contribution is -2.46. The van der Waals surface area contributed by atoms with E-state index >= 15 is 0 Å². The van der Waals surface area contributed by atoms with E-state index in [0.717, 1.165) is 45.2 Å². The summed E-state index contributed by atoms with van der Waals surface area (Å²) < 4.78 is 0. The third kappa shape index (κ3) is 4.94. The van der Waals surface area contributed by atoms with Crippen LogP contribution in [0.2, 0.25) is 0 Å². The fraction of sp³-hybridized carbons (Fsp3) is 0.750. The van der Waals surface area contributed by atoms with Gasteiger partial charge in [-0.3, -0.25) is 4.79 Å². The van der Waals surface area contributed by atoms with Gasteiger partial charge in [-0.15, -0.1) is 0 Å². The van der Waals surface area contributed by atoms with Gasteiger partial charge in [0.05, 0.1) is 0 Å². The van der Waals surface area contributed by atoms with Crippen LogP contribution in [0, 0.1) is 11.3 Å². The summed E-state index contributed by atoms with van der Waals surface area (Å²) in [7, 11) is 0. The lowest BCUT2D eigenvalue weighted by molar-refractivity contribution is -0.131. The Bertz CT molecular complexity index is 458. The van der Waals surface area contributed by atoms with Gasteiger partial charge in [-0.2, -0.15) is 0 Å². The Balaban J connectivity index is 2.12. The molecule has 1 aliphatic heterocycles. The van der Waals surface area contributed by atoms with Crippen molar-refractivity contribution in [1.29, 1.82) is 0 Å². The van der Waals surface area contributed by atoms with Crippen molar-refractivity contribution in [2.24, 2.45) is 11.3 Å². The molecule has 3 nitrogen and oxygen atoms in total. The molecule has 130 valence electrons. The zero-order chi connectivity index (χ0) is 16.7. The van der Waals surface area contributed by atoms with Crippen LogP contribution < -0.4 is 10.6 Å². The second-order valence-corrected chi connectivity index (χ2v) is 7.49. The average molecular weight is 319 g/mol. The summed E-state index contributed by atoms with van der Waals surface area (Å²) in [6, 6.07) is 0. The van der Waals surface area contributed by atoms with E-state index in [2.05, 4.69) is 43.6 Å². The van der Waals surface area contributed by atoms with Crippen molar-refractivity contribution in [3.05, 3.63) is 23.4 Å². The van der Waals surface area contributed by atoms with Crippen LogP contribution in [-0.2, 0) is 4.79 Å². The molecule has 0 saturated carbocycles. The Morgan fingerprint density at radius 3 is 2.61 bits per heavy atom. The van der Waals surface area contributed by atoms with Crippen molar-refractivity contribution in [2.75, 3.05) is 13.1 Å². The Morgan fingerprint density at radius 2 is 1.91 bits per heavy atom. The molecule has 0 aromatic rings. The number of hydrogen-bond donors (Lipinski definition) is 2. The molecule has 1 saturated heterocycles. The SMILES string of the molecule is CC/C(C)=C(/NC(=O)C1(C)CCNCC1)C1CCC=CCCC1. The predicted octanol–water partition coefficient (Wildman–Crippen LogP) is 4.31. The molecule has 0 spiro atoms. The van der Waals surface area contributed by atoms with Crippen LogP contribution in [0.1, 0.15) is 72.1 Å². The van der Waals surface area contributed by atoms with Gasteiger partial charge < -0.3 is 10.6 Å². The zero-order valence-corrected chi connectivity index (χ0v) is 15.2. The number of piperidine rings is 1. The Hall–Kier alpha value is -1.09. The topological polar surface area (TPSA) is 41.1 Å². The van der Waals surface area contributed by atoms with Crippen molar-refractivity contribution in [3.63, 3.8) is 0 Å². The van der Waals surface area contributed by atoms with Crippen LogP contribution in [0.3, 0.4) is 0 Å². The molecule has 23 heavy (non-hydrogen) atoms. The molecule has 1 heterocycles. The largest absolute Gasteiger partial charge is 0.329 e. The van der Waals surface area contributed by atoms with Gasteiger partial charge in [0.2, 0.25) is 5.91 Å². The maximum Gasteiger partial charge on any atom is 0.230 e. The molecule has 0 radical (unpaired) electrons. The van der Waals surface area contributed by atoms with Gasteiger partial charge in [-0.25, -0.2) is 0 Å². The third-order valence-electron chi connectivity index (χ3n) is 5.67. The minimum Gasteiger partial charge on any atom is -0.329 e. The molecule has 3 heteroatoms. The summed E-state index contributed by atoms with van der Waals surface area (Å²) in [5.74, 6) is 0.744. The number of amides is 1. The van der Waals surface area contributed by atoms with Gasteiger partial charge in [-0.05, 0) is 77.3 Å². The van der Waals surface area contributed by atoms with E-state index in [1.54, 1.807) is 0 Å². The van der Waals surface area contributed by atoms with Gasteiger partial charge >= 0.3 is 0 Å². The molecule has 2 rings (SSSR count). The summed E-state index contributed by atoms with van der Waals surface area (Å²) in [5, 5.41) is 6.75. The van der Waals surface area contributed by atoms with E-state index in [-0.39, 0.29) is 11.3 Å². The highest BCUT2D eigenvalue weighted by atomic mass is 16.2. The second kappa shape index (κ2) is 8.68. The Morgan fingerprint density at radius 1 is 1.22 bits per heavy atom. The minimum atomic E-state index is -0.216. The Labute approximate surface area is 142 Å². The first-order valence-corrected chi connectivity index (χ1v) is 9.43. The van der Waals surface area contributed by atoms with E-state index < -0.39 is 0 Å². The molecule has 2 N–H and O–H groups in total. The number of nitrogens with one attached hydrogen (secondary N) is 2. The highest BCUT2D eigenvalue weighted by Crippen LogP contribution is 2.32. The summed E-state index contributed by atoms with van der Waals surface area (Å²) in [6.07, 6.45) is 13.4. The molecule has 1 atom stereocenters. The van der Waals surface area contributed by atoms with Crippen LogP contribution >= 0.6 is 0 Å². The molecular formula is C20H34N2O. The normalized spacial score (nSPS) is 26.0. The molecular weight excluding hydrogens is 284 g/mol. The van der Waals surface area contributed by atoms with Crippen LogP contribution in [0.15, 0.2) is 23.4 Å². The molecule has 0 aromatic carbocycles. The van der Waals surface area contributed by atoms with Crippen LogP contribution in [-0.4, -0.2) is 19.0 Å². The van der Waals surface area contributed by atoms with Crippen LogP contribution in [0.5, 0.6) is 0 Å². The lowest BCUT2D eigenvalue weighted by Gasteiger charge is -2.34. The summed E-state index contributed by atoms with van der Waals surface area (Å²) in [6.45, 7) is 8.41. The standard InChI is InChI=1S/C20H34N2O/c1-4-16(2)18(17-10-8-6-5-7-9-11-17)22-19(23)20(3)12-14-21-15-13-20/h5-6,17,21H,4,7-15H2,1-3H3,(H,22,23)/b6-5?,18-16+. The minimum absolute atomic E-state index is 0.216. The first-order valence-electron chi connectivity index (χ1n) is 9.43. The van der Waals surface area contributed by atoms with Gasteiger partial charge in [0.15, 0.2) is 0 Å². The maximum absolute atomic E-state index is 13.0. The van der Waals surface area contributed by atoms with E-state index in [4.69, 9.17) is 0 Å². The van der Waals surface area contributed by atoms with Crippen molar-refractivity contribution in [3.8, 4) is 0 Å². The maximum atomic E-state index is 13.0. The number of carbonyl (C=O) groups excluding carboxylic acids is 1. The number of carbonyl (C=O) groups is 1. The number of rotatable bonds is 4.